The molecule has 0 spiro atoms. The second kappa shape index (κ2) is 8.88. The van der Waals surface area contributed by atoms with Crippen LogP contribution in [0.25, 0.3) is 0 Å². The third-order valence-corrected chi connectivity index (χ3v) is 4.15. The van der Waals surface area contributed by atoms with Crippen molar-refractivity contribution in [1.29, 1.82) is 5.26 Å². The lowest BCUT2D eigenvalue weighted by Gasteiger charge is -2.15. The molecule has 0 aliphatic carbocycles. The average Bonchev–Trinajstić information content (AvgIpc) is 3.20. The van der Waals surface area contributed by atoms with Crippen molar-refractivity contribution >= 4 is 11.6 Å². The molecule has 2 aromatic rings. The average molecular weight is 351 g/mol. The topological polar surface area (TPSA) is 83.4 Å². The van der Waals surface area contributed by atoms with Crippen molar-refractivity contribution in [3.05, 3.63) is 59.7 Å². The molecular formula is C20H21N3O3. The highest BCUT2D eigenvalue weighted by Gasteiger charge is 2.17. The Morgan fingerprint density at radius 2 is 2.08 bits per heavy atom. The van der Waals surface area contributed by atoms with E-state index in [-0.39, 0.29) is 18.7 Å². The molecule has 1 atom stereocenters. The molecule has 1 unspecified atom stereocenters. The van der Waals surface area contributed by atoms with Gasteiger partial charge in [0.2, 0.25) is 0 Å². The quantitative estimate of drug-likeness (QED) is 0.750. The number of nitriles is 1. The molecule has 134 valence electrons. The van der Waals surface area contributed by atoms with E-state index in [1.165, 1.54) is 0 Å². The van der Waals surface area contributed by atoms with E-state index < -0.39 is 0 Å². The van der Waals surface area contributed by atoms with Crippen LogP contribution in [0.5, 0.6) is 5.75 Å². The van der Waals surface area contributed by atoms with E-state index in [0.29, 0.717) is 29.2 Å². The third-order valence-electron chi connectivity index (χ3n) is 4.15. The standard InChI is InChI=1S/C20H21N3O3/c21-12-17-18(22-14-23-20(24)15-6-2-1-3-7-15)9-4-10-19(17)26-13-16-8-5-11-25-16/h1-4,6-7,9-10,16,22H,5,8,11,13-14H2,(H,23,24). The lowest BCUT2D eigenvalue weighted by molar-refractivity contribution is 0.0679. The number of ether oxygens (including phenoxy) is 2. The number of nitrogens with zero attached hydrogens (tertiary/aromatic N) is 1. The molecule has 3 rings (SSSR count). The van der Waals surface area contributed by atoms with Gasteiger partial charge in [0.1, 0.15) is 24.0 Å². The van der Waals surface area contributed by atoms with Gasteiger partial charge in [0.25, 0.3) is 5.91 Å². The van der Waals surface area contributed by atoms with Gasteiger partial charge in [-0.1, -0.05) is 24.3 Å². The SMILES string of the molecule is N#Cc1c(NCNC(=O)c2ccccc2)cccc1OCC1CCCO1. The number of nitrogens with one attached hydrogen (secondary N) is 2. The van der Waals surface area contributed by atoms with Gasteiger partial charge in [-0.2, -0.15) is 5.26 Å². The molecule has 1 amide bonds. The van der Waals surface area contributed by atoms with Crippen LogP contribution in [0, 0.1) is 11.3 Å². The monoisotopic (exact) mass is 351 g/mol. The smallest absolute Gasteiger partial charge is 0.252 e. The fourth-order valence-electron chi connectivity index (χ4n) is 2.78. The van der Waals surface area contributed by atoms with E-state index in [0.717, 1.165) is 19.4 Å². The summed E-state index contributed by atoms with van der Waals surface area (Å²) in [5.74, 6) is 0.338. The first-order chi connectivity index (χ1) is 12.8. The fourth-order valence-corrected chi connectivity index (χ4v) is 2.78. The zero-order chi connectivity index (χ0) is 18.2. The summed E-state index contributed by atoms with van der Waals surface area (Å²) in [6, 6.07) is 16.5. The minimum atomic E-state index is -0.178. The van der Waals surface area contributed by atoms with Crippen molar-refractivity contribution in [2.24, 2.45) is 0 Å². The van der Waals surface area contributed by atoms with Gasteiger partial charge in [0.05, 0.1) is 18.5 Å². The summed E-state index contributed by atoms with van der Waals surface area (Å²) in [6.45, 7) is 1.41. The van der Waals surface area contributed by atoms with E-state index in [9.17, 15) is 10.1 Å². The van der Waals surface area contributed by atoms with Crippen LogP contribution in [0.15, 0.2) is 48.5 Å². The van der Waals surface area contributed by atoms with Crippen molar-refractivity contribution in [2.75, 3.05) is 25.2 Å². The summed E-state index contributed by atoms with van der Waals surface area (Å²) < 4.78 is 11.3. The molecule has 6 nitrogen and oxygen atoms in total. The fraction of sp³-hybridized carbons (Fsp3) is 0.300. The van der Waals surface area contributed by atoms with E-state index in [4.69, 9.17) is 9.47 Å². The highest BCUT2D eigenvalue weighted by atomic mass is 16.5. The molecule has 0 aromatic heterocycles. The van der Waals surface area contributed by atoms with E-state index in [2.05, 4.69) is 16.7 Å². The highest BCUT2D eigenvalue weighted by molar-refractivity contribution is 5.94. The van der Waals surface area contributed by atoms with Gasteiger partial charge in [-0.25, -0.2) is 0 Å². The van der Waals surface area contributed by atoms with Crippen molar-refractivity contribution in [3.8, 4) is 11.8 Å². The number of amides is 1. The second-order valence-electron chi connectivity index (χ2n) is 5.96. The predicted molar refractivity (Wildman–Crippen MR) is 98.0 cm³/mol. The summed E-state index contributed by atoms with van der Waals surface area (Å²) in [7, 11) is 0. The summed E-state index contributed by atoms with van der Waals surface area (Å²) in [5, 5.41) is 15.3. The number of anilines is 1. The largest absolute Gasteiger partial charge is 0.489 e. The van der Waals surface area contributed by atoms with Gasteiger partial charge in [-0.15, -0.1) is 0 Å². The lowest BCUT2D eigenvalue weighted by Crippen LogP contribution is -2.29. The predicted octanol–water partition coefficient (Wildman–Crippen LogP) is 2.92. The summed E-state index contributed by atoms with van der Waals surface area (Å²) in [5.41, 5.74) is 1.62. The van der Waals surface area contributed by atoms with Gasteiger partial charge in [-0.05, 0) is 37.1 Å². The molecule has 6 heteroatoms. The van der Waals surface area contributed by atoms with Crippen LogP contribution >= 0.6 is 0 Å². The molecule has 1 fully saturated rings. The Kier molecular flexibility index (Phi) is 6.07. The Morgan fingerprint density at radius 1 is 1.23 bits per heavy atom. The van der Waals surface area contributed by atoms with Crippen LogP contribution in [-0.2, 0) is 4.74 Å². The van der Waals surface area contributed by atoms with Crippen LogP contribution in [0.3, 0.4) is 0 Å². The van der Waals surface area contributed by atoms with Crippen molar-refractivity contribution in [1.82, 2.24) is 5.32 Å². The lowest BCUT2D eigenvalue weighted by atomic mass is 10.1. The molecule has 1 saturated heterocycles. The van der Waals surface area contributed by atoms with E-state index in [1.54, 1.807) is 24.3 Å². The van der Waals surface area contributed by atoms with Crippen LogP contribution in [-0.4, -0.2) is 31.9 Å². The number of carbonyl (C=O) groups excluding carboxylic acids is 1. The number of hydrogen-bond donors (Lipinski definition) is 2. The summed E-state index contributed by atoms with van der Waals surface area (Å²) in [4.78, 5) is 12.1. The Bertz CT molecular complexity index is 781. The van der Waals surface area contributed by atoms with Gasteiger partial charge in [-0.3, -0.25) is 4.79 Å². The molecule has 2 N–H and O–H groups in total. The van der Waals surface area contributed by atoms with Crippen molar-refractivity contribution in [3.63, 3.8) is 0 Å². The maximum Gasteiger partial charge on any atom is 0.252 e. The van der Waals surface area contributed by atoms with Crippen LogP contribution in [0.1, 0.15) is 28.8 Å². The minimum absolute atomic E-state index is 0.0864. The van der Waals surface area contributed by atoms with Crippen molar-refractivity contribution in [2.45, 2.75) is 18.9 Å². The highest BCUT2D eigenvalue weighted by Crippen LogP contribution is 2.26. The van der Waals surface area contributed by atoms with E-state index >= 15 is 0 Å². The minimum Gasteiger partial charge on any atom is -0.489 e. The zero-order valence-corrected chi connectivity index (χ0v) is 14.4. The van der Waals surface area contributed by atoms with Gasteiger partial charge in [0, 0.05) is 12.2 Å². The normalized spacial score (nSPS) is 15.9. The number of carbonyl (C=O) groups is 1. The molecule has 0 saturated carbocycles. The molecule has 2 aromatic carbocycles. The molecule has 1 aliphatic rings. The maximum absolute atomic E-state index is 12.1. The number of rotatable bonds is 7. The van der Waals surface area contributed by atoms with Gasteiger partial charge >= 0.3 is 0 Å². The molecule has 0 radical (unpaired) electrons. The first kappa shape index (κ1) is 17.8. The maximum atomic E-state index is 12.1. The van der Waals surface area contributed by atoms with Gasteiger partial charge in [0.15, 0.2) is 0 Å². The molecule has 1 heterocycles. The summed E-state index contributed by atoms with van der Waals surface area (Å²) in [6.07, 6.45) is 2.11. The molecule has 26 heavy (non-hydrogen) atoms. The third kappa shape index (κ3) is 4.52. The second-order valence-corrected chi connectivity index (χ2v) is 5.96. The van der Waals surface area contributed by atoms with Crippen LogP contribution in [0.4, 0.5) is 5.69 Å². The number of benzene rings is 2. The molecule has 1 aliphatic heterocycles. The Balaban J connectivity index is 1.58. The van der Waals surface area contributed by atoms with E-state index in [1.807, 2.05) is 24.3 Å². The first-order valence-electron chi connectivity index (χ1n) is 8.62. The Labute approximate surface area is 152 Å². The number of hydrogen-bond acceptors (Lipinski definition) is 5. The molecular weight excluding hydrogens is 330 g/mol. The first-order valence-corrected chi connectivity index (χ1v) is 8.62. The summed E-state index contributed by atoms with van der Waals surface area (Å²) >= 11 is 0. The van der Waals surface area contributed by atoms with Gasteiger partial charge < -0.3 is 20.1 Å². The Hall–Kier alpha value is -3.04. The molecule has 0 bridgehead atoms. The van der Waals surface area contributed by atoms with Crippen molar-refractivity contribution < 1.29 is 14.3 Å². The van der Waals surface area contributed by atoms with Crippen LogP contribution in [0.2, 0.25) is 0 Å². The zero-order valence-electron chi connectivity index (χ0n) is 14.4. The van der Waals surface area contributed by atoms with Crippen LogP contribution < -0.4 is 15.4 Å². The Morgan fingerprint density at radius 3 is 2.81 bits per heavy atom.